The molecule has 1 N–H and O–H groups in total. The summed E-state index contributed by atoms with van der Waals surface area (Å²) < 4.78 is 10.2. The molecule has 0 aliphatic heterocycles. The van der Waals surface area contributed by atoms with Gasteiger partial charge in [0.05, 0.1) is 11.4 Å². The molecule has 0 bridgehead atoms. The predicted molar refractivity (Wildman–Crippen MR) is 97.8 cm³/mol. The molecule has 0 saturated carbocycles. The van der Waals surface area contributed by atoms with Crippen LogP contribution in [-0.2, 0) is 20.1 Å². The summed E-state index contributed by atoms with van der Waals surface area (Å²) in [5.41, 5.74) is 2.34. The zero-order valence-corrected chi connectivity index (χ0v) is 15.7. The summed E-state index contributed by atoms with van der Waals surface area (Å²) in [4.78, 5) is 23.9. The number of halogens is 1. The molecule has 0 fully saturated rings. The molecule has 0 aliphatic rings. The van der Waals surface area contributed by atoms with Gasteiger partial charge in [-0.3, -0.25) is 9.59 Å². The number of hydrogen-bond donors (Lipinski definition) is 1. The predicted octanol–water partition coefficient (Wildman–Crippen LogP) is 3.75. The second kappa shape index (κ2) is 8.92. The Morgan fingerprint density at radius 3 is 2.80 bits per heavy atom. The van der Waals surface area contributed by atoms with Crippen LogP contribution in [0.4, 0.5) is 5.69 Å². The van der Waals surface area contributed by atoms with Crippen molar-refractivity contribution in [3.05, 3.63) is 46.3 Å². The van der Waals surface area contributed by atoms with Crippen LogP contribution in [0.25, 0.3) is 0 Å². The van der Waals surface area contributed by atoms with E-state index in [4.69, 9.17) is 20.9 Å². The lowest BCUT2D eigenvalue weighted by Crippen LogP contribution is -2.30. The molecule has 0 saturated heterocycles. The number of aryl methyl sites for hydroxylation is 2. The van der Waals surface area contributed by atoms with Crippen molar-refractivity contribution in [1.29, 1.82) is 0 Å². The normalized spacial score (nSPS) is 11.8. The number of rotatable bonds is 7. The average molecular weight is 383 g/mol. The summed E-state index contributed by atoms with van der Waals surface area (Å²) in [5, 5.41) is 7.03. The molecule has 1 aromatic carbocycles. The van der Waals surface area contributed by atoms with Gasteiger partial charge in [0, 0.05) is 22.0 Å². The maximum atomic E-state index is 12.1. The zero-order chi connectivity index (χ0) is 18.4. The molecule has 0 radical (unpaired) electrons. The van der Waals surface area contributed by atoms with E-state index in [2.05, 4.69) is 10.5 Å². The van der Waals surface area contributed by atoms with Gasteiger partial charge in [-0.25, -0.2) is 0 Å². The second-order valence-corrected chi connectivity index (χ2v) is 6.85. The van der Waals surface area contributed by atoms with Crippen LogP contribution in [0.2, 0.25) is 5.02 Å². The fourth-order valence-corrected chi connectivity index (χ4v) is 3.18. The van der Waals surface area contributed by atoms with Gasteiger partial charge in [-0.2, -0.15) is 0 Å². The van der Waals surface area contributed by atoms with Gasteiger partial charge in [0.15, 0.2) is 6.10 Å². The molecule has 8 heteroatoms. The number of esters is 1. The second-order valence-electron chi connectivity index (χ2n) is 5.43. The van der Waals surface area contributed by atoms with Gasteiger partial charge in [0.2, 0.25) is 0 Å². The molecule has 1 atom stereocenters. The van der Waals surface area contributed by atoms with Crippen LogP contribution in [0.3, 0.4) is 0 Å². The van der Waals surface area contributed by atoms with Crippen LogP contribution in [0.15, 0.2) is 28.8 Å². The summed E-state index contributed by atoms with van der Waals surface area (Å²) in [5.74, 6) is 0.613. The van der Waals surface area contributed by atoms with Crippen molar-refractivity contribution in [2.45, 2.75) is 32.6 Å². The third-order valence-corrected chi connectivity index (χ3v) is 4.58. The number of thioether (sulfide) groups is 1. The van der Waals surface area contributed by atoms with Crippen LogP contribution in [0.1, 0.15) is 23.9 Å². The van der Waals surface area contributed by atoms with E-state index in [-0.39, 0.29) is 5.75 Å². The van der Waals surface area contributed by atoms with Crippen molar-refractivity contribution < 1.29 is 18.8 Å². The Morgan fingerprint density at radius 2 is 2.16 bits per heavy atom. The Balaban J connectivity index is 1.76. The number of hydrogen-bond acceptors (Lipinski definition) is 6. The van der Waals surface area contributed by atoms with Gasteiger partial charge < -0.3 is 14.6 Å². The van der Waals surface area contributed by atoms with Gasteiger partial charge in [-0.05, 0) is 39.0 Å². The number of benzene rings is 1. The summed E-state index contributed by atoms with van der Waals surface area (Å²) in [7, 11) is 0. The van der Waals surface area contributed by atoms with Crippen LogP contribution in [0, 0.1) is 13.8 Å². The van der Waals surface area contributed by atoms with E-state index in [0.717, 1.165) is 17.0 Å². The first-order chi connectivity index (χ1) is 11.9. The SMILES string of the molecule is Cc1noc(C)c1CSCC(=O)O[C@@H](C)C(=O)Nc1cccc(Cl)c1. The number of carbonyl (C=O) groups is 2. The Hall–Kier alpha value is -1.99. The summed E-state index contributed by atoms with van der Waals surface area (Å²) in [6.45, 7) is 5.21. The molecule has 0 spiro atoms. The maximum Gasteiger partial charge on any atom is 0.316 e. The summed E-state index contributed by atoms with van der Waals surface area (Å²) in [6, 6.07) is 6.75. The van der Waals surface area contributed by atoms with E-state index in [1.165, 1.54) is 18.7 Å². The molecule has 2 rings (SSSR count). The van der Waals surface area contributed by atoms with Crippen molar-refractivity contribution in [1.82, 2.24) is 5.16 Å². The fourth-order valence-electron chi connectivity index (χ4n) is 2.04. The minimum atomic E-state index is -0.897. The first-order valence-electron chi connectivity index (χ1n) is 7.62. The monoisotopic (exact) mass is 382 g/mol. The van der Waals surface area contributed by atoms with E-state index in [1.807, 2.05) is 13.8 Å². The maximum absolute atomic E-state index is 12.1. The van der Waals surface area contributed by atoms with Gasteiger partial charge in [0.25, 0.3) is 5.91 Å². The van der Waals surface area contributed by atoms with Crippen molar-refractivity contribution in [3.8, 4) is 0 Å². The third-order valence-electron chi connectivity index (χ3n) is 3.42. The number of anilines is 1. The molecule has 134 valence electrons. The molecule has 25 heavy (non-hydrogen) atoms. The molecule has 0 aliphatic carbocycles. The van der Waals surface area contributed by atoms with Crippen LogP contribution < -0.4 is 5.32 Å². The van der Waals surface area contributed by atoms with Crippen LogP contribution >= 0.6 is 23.4 Å². The number of carbonyl (C=O) groups excluding carboxylic acids is 2. The number of nitrogens with one attached hydrogen (secondary N) is 1. The minimum Gasteiger partial charge on any atom is -0.452 e. The number of ether oxygens (including phenoxy) is 1. The summed E-state index contributed by atoms with van der Waals surface area (Å²) >= 11 is 7.25. The van der Waals surface area contributed by atoms with E-state index in [0.29, 0.717) is 16.5 Å². The smallest absolute Gasteiger partial charge is 0.316 e. The third kappa shape index (κ3) is 5.79. The Morgan fingerprint density at radius 1 is 1.40 bits per heavy atom. The Kier molecular flexibility index (Phi) is 6.90. The van der Waals surface area contributed by atoms with Gasteiger partial charge in [-0.1, -0.05) is 22.8 Å². The molecule has 1 amide bonds. The molecule has 0 unspecified atom stereocenters. The van der Waals surface area contributed by atoms with Crippen molar-refractivity contribution in [2.75, 3.05) is 11.1 Å². The molecular formula is C17H19ClN2O4S. The highest BCUT2D eigenvalue weighted by atomic mass is 35.5. The molecular weight excluding hydrogens is 364 g/mol. The lowest BCUT2D eigenvalue weighted by atomic mass is 10.2. The number of aromatic nitrogens is 1. The molecule has 6 nitrogen and oxygen atoms in total. The first kappa shape index (κ1) is 19.3. The van der Waals surface area contributed by atoms with Gasteiger partial charge in [-0.15, -0.1) is 11.8 Å². The number of nitrogens with zero attached hydrogens (tertiary/aromatic N) is 1. The van der Waals surface area contributed by atoms with Crippen LogP contribution in [-0.4, -0.2) is 28.9 Å². The minimum absolute atomic E-state index is 0.138. The lowest BCUT2D eigenvalue weighted by Gasteiger charge is -2.13. The number of amides is 1. The molecule has 1 heterocycles. The van der Waals surface area contributed by atoms with E-state index in [1.54, 1.807) is 24.3 Å². The topological polar surface area (TPSA) is 81.4 Å². The molecule has 2 aromatic rings. The largest absolute Gasteiger partial charge is 0.452 e. The highest BCUT2D eigenvalue weighted by Crippen LogP contribution is 2.20. The van der Waals surface area contributed by atoms with Crippen LogP contribution in [0.5, 0.6) is 0 Å². The highest BCUT2D eigenvalue weighted by Gasteiger charge is 2.18. The van der Waals surface area contributed by atoms with E-state index in [9.17, 15) is 9.59 Å². The Labute approximate surface area is 155 Å². The van der Waals surface area contributed by atoms with Crippen molar-refractivity contribution in [3.63, 3.8) is 0 Å². The van der Waals surface area contributed by atoms with Crippen molar-refractivity contribution >= 4 is 40.9 Å². The Bertz CT molecular complexity index is 743. The first-order valence-corrected chi connectivity index (χ1v) is 9.15. The fraction of sp³-hybridized carbons (Fsp3) is 0.353. The lowest BCUT2D eigenvalue weighted by molar-refractivity contribution is -0.150. The average Bonchev–Trinajstić information content (AvgIpc) is 2.86. The molecule has 1 aromatic heterocycles. The van der Waals surface area contributed by atoms with E-state index >= 15 is 0 Å². The van der Waals surface area contributed by atoms with Crippen molar-refractivity contribution in [2.24, 2.45) is 0 Å². The zero-order valence-electron chi connectivity index (χ0n) is 14.2. The summed E-state index contributed by atoms with van der Waals surface area (Å²) in [6.07, 6.45) is -0.897. The standard InChI is InChI=1S/C17H19ClN2O4S/c1-10-15(11(2)24-20-10)8-25-9-16(21)23-12(3)17(22)19-14-6-4-5-13(18)7-14/h4-7,12H,8-9H2,1-3H3,(H,19,22)/t12-/m0/s1. The van der Waals surface area contributed by atoms with E-state index < -0.39 is 18.0 Å². The highest BCUT2D eigenvalue weighted by molar-refractivity contribution is 7.99. The quantitative estimate of drug-likeness (QED) is 0.734. The van der Waals surface area contributed by atoms with Gasteiger partial charge in [0.1, 0.15) is 5.76 Å². The van der Waals surface area contributed by atoms with Gasteiger partial charge >= 0.3 is 5.97 Å².